The maximum absolute atomic E-state index is 13.9. The first-order valence-electron chi connectivity index (χ1n) is 10.8. The van der Waals surface area contributed by atoms with Gasteiger partial charge in [-0.05, 0) is 42.0 Å². The molecule has 0 radical (unpaired) electrons. The van der Waals surface area contributed by atoms with Crippen molar-refractivity contribution in [3.05, 3.63) is 90.5 Å². The van der Waals surface area contributed by atoms with Gasteiger partial charge in [0, 0.05) is 11.4 Å². The fourth-order valence-electron chi connectivity index (χ4n) is 4.62. The molecule has 0 saturated carbocycles. The normalized spacial score (nSPS) is 20.6. The van der Waals surface area contributed by atoms with Gasteiger partial charge in [-0.25, -0.2) is 0 Å². The first-order chi connectivity index (χ1) is 16.1. The average Bonchev–Trinajstić information content (AvgIpc) is 2.86. The molecule has 2 saturated heterocycles. The zero-order valence-electron chi connectivity index (χ0n) is 18.1. The van der Waals surface area contributed by atoms with Crippen molar-refractivity contribution in [2.24, 2.45) is 0 Å². The Labute approximate surface area is 191 Å². The summed E-state index contributed by atoms with van der Waals surface area (Å²) in [7, 11) is 1.57. The van der Waals surface area contributed by atoms with Crippen LogP contribution in [0.5, 0.6) is 5.75 Å². The molecule has 2 aliphatic rings. The summed E-state index contributed by atoms with van der Waals surface area (Å²) in [6.07, 6.45) is 0. The van der Waals surface area contributed by atoms with Crippen molar-refractivity contribution in [2.45, 2.75) is 12.1 Å². The number of para-hydroxylation sites is 1. The number of piperazine rings is 2. The van der Waals surface area contributed by atoms with E-state index in [0.717, 1.165) is 5.56 Å². The third-order valence-corrected chi connectivity index (χ3v) is 6.18. The van der Waals surface area contributed by atoms with Crippen LogP contribution < -0.4 is 14.5 Å². The van der Waals surface area contributed by atoms with Crippen molar-refractivity contribution < 1.29 is 19.1 Å². The number of fused-ring (bicyclic) bond motifs is 1. The van der Waals surface area contributed by atoms with Gasteiger partial charge in [0.1, 0.15) is 24.9 Å². The molecular weight excluding hydrogens is 418 g/mol. The van der Waals surface area contributed by atoms with E-state index in [2.05, 4.69) is 0 Å². The number of carbonyl (C=O) groups is 3. The van der Waals surface area contributed by atoms with Crippen molar-refractivity contribution in [1.82, 2.24) is 4.90 Å². The first-order valence-corrected chi connectivity index (χ1v) is 10.8. The molecule has 3 aromatic carbocycles. The molecule has 3 aromatic rings. The third kappa shape index (κ3) is 3.61. The van der Waals surface area contributed by atoms with E-state index in [1.54, 1.807) is 36.3 Å². The van der Waals surface area contributed by atoms with E-state index in [1.807, 2.05) is 60.7 Å². The Kier molecular flexibility index (Phi) is 5.30. The number of amides is 3. The second kappa shape index (κ2) is 8.43. The molecule has 7 nitrogen and oxygen atoms in total. The molecule has 33 heavy (non-hydrogen) atoms. The van der Waals surface area contributed by atoms with E-state index >= 15 is 0 Å². The van der Waals surface area contributed by atoms with Crippen molar-refractivity contribution >= 4 is 29.1 Å². The Balaban J connectivity index is 1.61. The van der Waals surface area contributed by atoms with Gasteiger partial charge in [0.2, 0.25) is 11.8 Å². The number of rotatable bonds is 4. The van der Waals surface area contributed by atoms with E-state index in [-0.39, 0.29) is 30.8 Å². The minimum absolute atomic E-state index is 0.109. The highest BCUT2D eigenvalue weighted by Crippen LogP contribution is 2.39. The summed E-state index contributed by atoms with van der Waals surface area (Å²) in [4.78, 5) is 45.0. The molecule has 5 rings (SSSR count). The molecule has 2 aliphatic heterocycles. The van der Waals surface area contributed by atoms with Crippen LogP contribution in [0.1, 0.15) is 11.6 Å². The molecule has 0 aromatic heterocycles. The summed E-state index contributed by atoms with van der Waals surface area (Å²) in [6.45, 7) is -0.244. The second-order valence-corrected chi connectivity index (χ2v) is 8.04. The molecular formula is C26H23N3O4. The molecule has 0 aliphatic carbocycles. The number of nitrogens with zero attached hydrogens (tertiary/aromatic N) is 3. The van der Waals surface area contributed by atoms with E-state index in [4.69, 9.17) is 4.74 Å². The average molecular weight is 441 g/mol. The minimum atomic E-state index is -0.839. The van der Waals surface area contributed by atoms with Crippen LogP contribution in [0.2, 0.25) is 0 Å². The van der Waals surface area contributed by atoms with Gasteiger partial charge in [-0.15, -0.1) is 0 Å². The van der Waals surface area contributed by atoms with Gasteiger partial charge in [0.05, 0.1) is 13.2 Å². The quantitative estimate of drug-likeness (QED) is 0.624. The number of hydrogen-bond acceptors (Lipinski definition) is 4. The molecule has 7 heteroatoms. The van der Waals surface area contributed by atoms with Crippen LogP contribution >= 0.6 is 0 Å². The van der Waals surface area contributed by atoms with E-state index in [0.29, 0.717) is 17.1 Å². The molecule has 0 N–H and O–H groups in total. The summed E-state index contributed by atoms with van der Waals surface area (Å²) in [5, 5.41) is 0. The molecule has 2 atom stereocenters. The van der Waals surface area contributed by atoms with Crippen LogP contribution in [0, 0.1) is 0 Å². The van der Waals surface area contributed by atoms with Crippen molar-refractivity contribution in [3.63, 3.8) is 0 Å². The summed E-state index contributed by atoms with van der Waals surface area (Å²) >= 11 is 0. The van der Waals surface area contributed by atoms with Crippen molar-refractivity contribution in [2.75, 3.05) is 30.0 Å². The Morgan fingerprint density at radius 3 is 1.97 bits per heavy atom. The van der Waals surface area contributed by atoms with Gasteiger partial charge in [-0.2, -0.15) is 0 Å². The summed E-state index contributed by atoms with van der Waals surface area (Å²) in [6, 6.07) is 24.3. The lowest BCUT2D eigenvalue weighted by atomic mass is 9.90. The molecule has 166 valence electrons. The largest absolute Gasteiger partial charge is 0.497 e. The highest BCUT2D eigenvalue weighted by atomic mass is 16.5. The maximum Gasteiger partial charge on any atom is 0.252 e. The van der Waals surface area contributed by atoms with Gasteiger partial charge in [-0.1, -0.05) is 48.5 Å². The van der Waals surface area contributed by atoms with Gasteiger partial charge < -0.3 is 19.4 Å². The van der Waals surface area contributed by atoms with Crippen molar-refractivity contribution in [3.8, 4) is 5.75 Å². The van der Waals surface area contributed by atoms with Crippen molar-refractivity contribution in [1.29, 1.82) is 0 Å². The molecule has 0 bridgehead atoms. The van der Waals surface area contributed by atoms with Gasteiger partial charge in [-0.3, -0.25) is 14.4 Å². The Bertz CT molecular complexity index is 1180. The van der Waals surface area contributed by atoms with Crippen LogP contribution in [-0.2, 0) is 14.4 Å². The maximum atomic E-state index is 13.9. The standard InChI is InChI=1S/C26H23N3O4/c1-33-21-14-12-19(13-15-21)27-16-22(30)28-17-23(31)29(20-10-6-3-7-11-20)24(25(28)26(27)32)18-8-4-2-5-9-18/h2-15,24-25H,16-17H2,1H3/t24-,25-/m1/s1. The Hall–Kier alpha value is -4.13. The van der Waals surface area contributed by atoms with Gasteiger partial charge in [0.25, 0.3) is 5.91 Å². The van der Waals surface area contributed by atoms with E-state index < -0.39 is 12.1 Å². The van der Waals surface area contributed by atoms with E-state index in [9.17, 15) is 14.4 Å². The lowest BCUT2D eigenvalue weighted by Gasteiger charge is -2.50. The number of hydrogen-bond donors (Lipinski definition) is 0. The first kappa shape index (κ1) is 20.8. The Morgan fingerprint density at radius 1 is 0.697 bits per heavy atom. The topological polar surface area (TPSA) is 70.2 Å². The molecule has 2 fully saturated rings. The van der Waals surface area contributed by atoms with Crippen LogP contribution in [0.4, 0.5) is 11.4 Å². The molecule has 3 amide bonds. The Morgan fingerprint density at radius 2 is 1.33 bits per heavy atom. The zero-order valence-corrected chi connectivity index (χ0v) is 18.1. The lowest BCUT2D eigenvalue weighted by Crippen LogP contribution is -2.69. The predicted octanol–water partition coefficient (Wildman–Crippen LogP) is 3.03. The highest BCUT2D eigenvalue weighted by molar-refractivity contribution is 6.11. The van der Waals surface area contributed by atoms with Gasteiger partial charge in [0.15, 0.2) is 0 Å². The number of anilines is 2. The third-order valence-electron chi connectivity index (χ3n) is 6.18. The summed E-state index contributed by atoms with van der Waals surface area (Å²) in [5.74, 6) is -0.0262. The number of benzene rings is 3. The monoisotopic (exact) mass is 441 g/mol. The summed E-state index contributed by atoms with van der Waals surface area (Å²) in [5.41, 5.74) is 2.10. The highest BCUT2D eigenvalue weighted by Gasteiger charge is 2.52. The van der Waals surface area contributed by atoms with Crippen LogP contribution in [0.3, 0.4) is 0 Å². The fraction of sp³-hybridized carbons (Fsp3) is 0.192. The molecule has 0 spiro atoms. The predicted molar refractivity (Wildman–Crippen MR) is 124 cm³/mol. The van der Waals surface area contributed by atoms with Crippen LogP contribution in [0.15, 0.2) is 84.9 Å². The van der Waals surface area contributed by atoms with Crippen LogP contribution in [-0.4, -0.2) is 48.9 Å². The second-order valence-electron chi connectivity index (χ2n) is 8.04. The minimum Gasteiger partial charge on any atom is -0.497 e. The van der Waals surface area contributed by atoms with Crippen LogP contribution in [0.25, 0.3) is 0 Å². The number of ether oxygens (including phenoxy) is 1. The summed E-state index contributed by atoms with van der Waals surface area (Å²) < 4.78 is 5.22. The lowest BCUT2D eigenvalue weighted by molar-refractivity contribution is -0.149. The number of carbonyl (C=O) groups excluding carboxylic acids is 3. The molecule has 2 heterocycles. The molecule has 0 unspecified atom stereocenters. The smallest absolute Gasteiger partial charge is 0.252 e. The number of methoxy groups -OCH3 is 1. The fourth-order valence-corrected chi connectivity index (χ4v) is 4.62. The zero-order chi connectivity index (χ0) is 22.9. The van der Waals surface area contributed by atoms with E-state index in [1.165, 1.54) is 9.80 Å². The van der Waals surface area contributed by atoms with Gasteiger partial charge >= 0.3 is 0 Å². The SMILES string of the molecule is COc1ccc(N2CC(=O)N3CC(=O)N(c4ccccc4)[C@H](c4ccccc4)[C@@H]3C2=O)cc1.